The van der Waals surface area contributed by atoms with Gasteiger partial charge in [-0.25, -0.2) is 0 Å². The Morgan fingerprint density at radius 3 is 1.90 bits per heavy atom. The predicted octanol–water partition coefficient (Wildman–Crippen LogP) is 11.2. The molecule has 5 aromatic rings. The topological polar surface area (TPSA) is 0 Å². The summed E-state index contributed by atoms with van der Waals surface area (Å²) < 4.78 is 1.42. The van der Waals surface area contributed by atoms with Crippen molar-refractivity contribution in [3.63, 3.8) is 0 Å². The minimum atomic E-state index is 0.520. The molecule has 0 radical (unpaired) electrons. The third kappa shape index (κ3) is 6.05. The number of aryl methyl sites for hydroxylation is 1. The van der Waals surface area contributed by atoms with E-state index in [2.05, 4.69) is 145 Å². The van der Waals surface area contributed by atoms with Crippen LogP contribution in [0.15, 0.2) is 103 Å². The first kappa shape index (κ1) is 30.4. The number of hydrogen-bond acceptors (Lipinski definition) is 0. The molecule has 0 amide bonds. The van der Waals surface area contributed by atoms with Crippen LogP contribution in [-0.2, 0) is 37.1 Å². The van der Waals surface area contributed by atoms with Gasteiger partial charge in [0.25, 0.3) is 0 Å². The van der Waals surface area contributed by atoms with Gasteiger partial charge in [0.05, 0.1) is 0 Å². The van der Waals surface area contributed by atoms with Crippen molar-refractivity contribution in [3.8, 4) is 0 Å². The Kier molecular flexibility index (Phi) is 9.80. The van der Waals surface area contributed by atoms with E-state index in [4.69, 9.17) is 0 Å². The van der Waals surface area contributed by atoms with Crippen LogP contribution in [0.25, 0.3) is 27.1 Å². The zero-order chi connectivity index (χ0) is 29.8. The zero-order valence-electron chi connectivity index (χ0n) is 26.1. The van der Waals surface area contributed by atoms with E-state index in [1.54, 1.807) is 16.7 Å². The summed E-state index contributed by atoms with van der Waals surface area (Å²) in [6.45, 7) is 14.1. The molecule has 42 heavy (non-hydrogen) atoms. The summed E-state index contributed by atoms with van der Waals surface area (Å²) in [5.41, 5.74) is 11.9. The van der Waals surface area contributed by atoms with Gasteiger partial charge in [0.1, 0.15) is 0 Å². The number of benzene rings is 4. The van der Waals surface area contributed by atoms with Gasteiger partial charge in [-0.05, 0) is 31.1 Å². The van der Waals surface area contributed by atoms with E-state index in [0.717, 1.165) is 19.3 Å². The first-order valence-corrected chi connectivity index (χ1v) is 16.8. The second-order valence-corrected chi connectivity index (χ2v) is 13.2. The van der Waals surface area contributed by atoms with Crippen LogP contribution in [0.3, 0.4) is 0 Å². The van der Waals surface area contributed by atoms with Gasteiger partial charge in [0, 0.05) is 0 Å². The fourth-order valence-corrected chi connectivity index (χ4v) is 7.46. The zero-order valence-corrected chi connectivity index (χ0v) is 28.5. The summed E-state index contributed by atoms with van der Waals surface area (Å²) in [4.78, 5) is 0. The molecule has 0 aromatic heterocycles. The van der Waals surface area contributed by atoms with E-state index in [9.17, 15) is 0 Å². The van der Waals surface area contributed by atoms with Gasteiger partial charge < -0.3 is 0 Å². The monoisotopic (exact) mass is 625 g/mol. The third-order valence-corrected chi connectivity index (χ3v) is 9.96. The van der Waals surface area contributed by atoms with Crippen LogP contribution < -0.4 is 0 Å². The fraction of sp³-hybridized carbons (Fsp3) is 0.268. The Hall–Kier alpha value is -3.02. The van der Waals surface area contributed by atoms with E-state index < -0.39 is 0 Å². The van der Waals surface area contributed by atoms with Crippen LogP contribution in [-0.4, -0.2) is 3.21 Å². The van der Waals surface area contributed by atoms with Crippen LogP contribution >= 0.6 is 0 Å². The molecule has 0 nitrogen and oxygen atoms in total. The van der Waals surface area contributed by atoms with Crippen LogP contribution in [0, 0.1) is 0 Å². The molecule has 0 bridgehead atoms. The van der Waals surface area contributed by atoms with Gasteiger partial charge >= 0.3 is 99.2 Å². The Labute approximate surface area is 267 Å². The van der Waals surface area contributed by atoms with E-state index in [1.165, 1.54) is 76.8 Å². The van der Waals surface area contributed by atoms with E-state index >= 15 is 0 Å². The first-order chi connectivity index (χ1) is 20.3. The van der Waals surface area contributed by atoms with Crippen molar-refractivity contribution in [1.82, 2.24) is 0 Å². The molecule has 5 aromatic carbocycles. The molecular weight excluding hydrogens is 584 g/mol. The van der Waals surface area contributed by atoms with E-state index in [0.29, 0.717) is 11.8 Å². The molecule has 6 rings (SSSR count). The average molecular weight is 627 g/mol. The summed E-state index contributed by atoms with van der Waals surface area (Å²) in [5.74, 6) is 1.05. The van der Waals surface area contributed by atoms with Crippen molar-refractivity contribution >= 4 is 30.3 Å². The molecule has 1 heteroatoms. The summed E-state index contributed by atoms with van der Waals surface area (Å²) in [6.07, 6.45) is 10.1. The Morgan fingerprint density at radius 2 is 1.40 bits per heavy atom. The van der Waals surface area contributed by atoms with Crippen LogP contribution in [0.5, 0.6) is 0 Å². The Bertz CT molecular complexity index is 1720. The summed E-state index contributed by atoms with van der Waals surface area (Å²) in [7, 11) is 0. The second-order valence-electron chi connectivity index (χ2n) is 12.0. The van der Waals surface area contributed by atoms with Gasteiger partial charge in [-0.3, -0.25) is 0 Å². The molecule has 0 unspecified atom stereocenters. The Balaban J connectivity index is 0.000000211. The standard InChI is InChI=1S/C28H33.C13H10.Zr/c1-7-19-13-14-23-21(15-19)16-24-27(20-11-9-10-12-20)22(8-2)25(17(3)4)26(18(5)6)28(23)24;1-3-7-12(8-4-1)11-13-9-5-2-6-10-13;/h9-11,13-18H,7-8,12H2,1-6H3;1-10H;/q-1;;. The molecule has 0 saturated carbocycles. The molecule has 0 aliphatic heterocycles. The van der Waals surface area contributed by atoms with Crippen LogP contribution in [0.2, 0.25) is 0 Å². The fourth-order valence-electron chi connectivity index (χ4n) is 6.64. The molecule has 0 fully saturated rings. The molecule has 1 aliphatic carbocycles. The van der Waals surface area contributed by atoms with Gasteiger partial charge in [-0.15, -0.1) is 33.7 Å². The summed E-state index contributed by atoms with van der Waals surface area (Å²) >= 11 is 1.46. The SMILES string of the molecule is CCc1ccc2c(c1)[cH-]c1c(C3=CC=CC3)c(CC)c(C(C)C)c(C(C)C)c12.[Zr]=[C](c1ccccc1)c1ccccc1. The quantitative estimate of drug-likeness (QED) is 0.158. The van der Waals surface area contributed by atoms with Crippen molar-refractivity contribution in [3.05, 3.63) is 142 Å². The number of hydrogen-bond donors (Lipinski definition) is 0. The van der Waals surface area contributed by atoms with Crippen LogP contribution in [0.4, 0.5) is 0 Å². The average Bonchev–Trinajstić information content (AvgIpc) is 3.68. The van der Waals surface area contributed by atoms with Gasteiger partial charge in [-0.2, -0.15) is 0 Å². The molecule has 0 saturated heterocycles. The number of fused-ring (bicyclic) bond motifs is 3. The van der Waals surface area contributed by atoms with E-state index in [1.807, 2.05) is 0 Å². The van der Waals surface area contributed by atoms with Crippen molar-refractivity contribution in [2.24, 2.45) is 0 Å². The van der Waals surface area contributed by atoms with Crippen molar-refractivity contribution in [2.75, 3.05) is 0 Å². The summed E-state index contributed by atoms with van der Waals surface area (Å²) in [5, 5.41) is 5.83. The maximum absolute atomic E-state index is 2.48. The first-order valence-electron chi connectivity index (χ1n) is 15.6. The van der Waals surface area contributed by atoms with Crippen molar-refractivity contribution in [1.29, 1.82) is 0 Å². The molecule has 1 aliphatic rings. The Morgan fingerprint density at radius 1 is 0.786 bits per heavy atom. The molecule has 0 atom stereocenters. The molecule has 0 spiro atoms. The van der Waals surface area contributed by atoms with Gasteiger partial charge in [0.2, 0.25) is 0 Å². The van der Waals surface area contributed by atoms with Gasteiger partial charge in [0.15, 0.2) is 0 Å². The number of allylic oxidation sites excluding steroid dienone is 4. The minimum absolute atomic E-state index is 0.520. The summed E-state index contributed by atoms with van der Waals surface area (Å²) in [6, 6.07) is 30.7. The molecular formula is C41H43Zr-. The van der Waals surface area contributed by atoms with E-state index in [-0.39, 0.29) is 0 Å². The second kappa shape index (κ2) is 13.5. The van der Waals surface area contributed by atoms with Crippen LogP contribution in [0.1, 0.15) is 98.7 Å². The molecule has 212 valence electrons. The van der Waals surface area contributed by atoms with Crippen molar-refractivity contribution < 1.29 is 24.2 Å². The van der Waals surface area contributed by atoms with Gasteiger partial charge in [-0.1, -0.05) is 105 Å². The normalized spacial score (nSPS) is 12.7. The number of rotatable bonds is 7. The molecule has 0 heterocycles. The predicted molar refractivity (Wildman–Crippen MR) is 182 cm³/mol. The van der Waals surface area contributed by atoms with Crippen molar-refractivity contribution in [2.45, 2.75) is 72.6 Å². The third-order valence-electron chi connectivity index (χ3n) is 8.54. The maximum atomic E-state index is 2.48. The molecule has 0 N–H and O–H groups in total.